The van der Waals surface area contributed by atoms with Crippen molar-refractivity contribution in [2.75, 3.05) is 32.9 Å². The molecule has 2 heterocycles. The second-order valence-corrected chi connectivity index (χ2v) is 7.99. The lowest BCUT2D eigenvalue weighted by Crippen LogP contribution is -2.72. The molecule has 28 heavy (non-hydrogen) atoms. The quantitative estimate of drug-likeness (QED) is 0.234. The fraction of sp³-hybridized carbons (Fsp3) is 0.762. The fourth-order valence-electron chi connectivity index (χ4n) is 5.02. The van der Waals surface area contributed by atoms with E-state index >= 15 is 0 Å². The average Bonchev–Trinajstić information content (AvgIpc) is 3.28. The second-order valence-electron chi connectivity index (χ2n) is 7.99. The maximum Gasteiger partial charge on any atom is 0.191 e. The summed E-state index contributed by atoms with van der Waals surface area (Å²) in [5.41, 5.74) is 0.357. The molecule has 7 heteroatoms. The molecule has 0 radical (unpaired) electrons. The number of nitrogens with one attached hydrogen (secondary N) is 2. The number of rotatable bonds is 9. The third kappa shape index (κ3) is 4.51. The zero-order chi connectivity index (χ0) is 18.5. The van der Waals surface area contributed by atoms with E-state index in [-0.39, 0.29) is 24.0 Å². The topological polar surface area (TPSA) is 68.0 Å². The van der Waals surface area contributed by atoms with Gasteiger partial charge in [0.2, 0.25) is 0 Å². The number of aliphatic imine (C=N–C) groups is 1. The second kappa shape index (κ2) is 10.3. The van der Waals surface area contributed by atoms with Crippen LogP contribution >= 0.6 is 24.0 Å². The van der Waals surface area contributed by atoms with Crippen LogP contribution in [-0.4, -0.2) is 51.0 Å². The van der Waals surface area contributed by atoms with Crippen LogP contribution in [0.3, 0.4) is 0 Å². The summed E-state index contributed by atoms with van der Waals surface area (Å²) in [5, 5.41) is 7.29. The van der Waals surface area contributed by atoms with Crippen molar-refractivity contribution >= 4 is 29.9 Å². The van der Waals surface area contributed by atoms with Gasteiger partial charge in [0, 0.05) is 56.7 Å². The van der Waals surface area contributed by atoms with Gasteiger partial charge in [-0.1, -0.05) is 6.42 Å². The normalized spacial score (nSPS) is 27.5. The number of furan rings is 1. The van der Waals surface area contributed by atoms with Crippen molar-refractivity contribution in [3.8, 4) is 0 Å². The predicted octanol–water partition coefficient (Wildman–Crippen LogP) is 3.36. The van der Waals surface area contributed by atoms with Gasteiger partial charge in [0.25, 0.3) is 0 Å². The van der Waals surface area contributed by atoms with Crippen LogP contribution in [0, 0.1) is 11.3 Å². The lowest BCUT2D eigenvalue weighted by Gasteiger charge is -2.63. The molecule has 2 N–H and O–H groups in total. The summed E-state index contributed by atoms with van der Waals surface area (Å²) < 4.78 is 16.9. The molecule has 3 fully saturated rings. The number of fused-ring (bicyclic) bond motifs is 2. The summed E-state index contributed by atoms with van der Waals surface area (Å²) in [4.78, 5) is 4.82. The van der Waals surface area contributed by atoms with E-state index in [1.807, 2.05) is 19.1 Å². The smallest absolute Gasteiger partial charge is 0.191 e. The van der Waals surface area contributed by atoms with E-state index in [0.29, 0.717) is 23.5 Å². The molecule has 1 aromatic heterocycles. The number of nitrogens with zero attached hydrogens (tertiary/aromatic N) is 1. The SMILES string of the molecule is CCOCCCN=C(NCCc1ccco1)NC1C2CCOC2C12CCC2.I. The molecule has 0 amide bonds. The van der Waals surface area contributed by atoms with Gasteiger partial charge in [-0.05, 0) is 44.7 Å². The highest BCUT2D eigenvalue weighted by Crippen LogP contribution is 2.62. The Kier molecular flexibility index (Phi) is 8.05. The first-order chi connectivity index (χ1) is 13.3. The molecule has 6 nitrogen and oxygen atoms in total. The molecule has 3 aliphatic rings. The Hall–Kier alpha value is -0.800. The zero-order valence-corrected chi connectivity index (χ0v) is 19.2. The third-order valence-corrected chi connectivity index (χ3v) is 6.49. The maximum absolute atomic E-state index is 6.05. The minimum Gasteiger partial charge on any atom is -0.469 e. The Morgan fingerprint density at radius 2 is 2.29 bits per heavy atom. The highest BCUT2D eigenvalue weighted by atomic mass is 127. The first kappa shape index (κ1) is 21.9. The Balaban J connectivity index is 0.00000225. The minimum absolute atomic E-state index is 0. The summed E-state index contributed by atoms with van der Waals surface area (Å²) in [6.45, 7) is 6.08. The van der Waals surface area contributed by atoms with E-state index in [1.54, 1.807) is 6.26 Å². The van der Waals surface area contributed by atoms with E-state index in [1.165, 1.54) is 25.7 Å². The van der Waals surface area contributed by atoms with Crippen LogP contribution in [0.5, 0.6) is 0 Å². The summed E-state index contributed by atoms with van der Waals surface area (Å²) in [5.74, 6) is 2.58. The minimum atomic E-state index is 0. The van der Waals surface area contributed by atoms with Crippen molar-refractivity contribution in [1.82, 2.24) is 10.6 Å². The summed E-state index contributed by atoms with van der Waals surface area (Å²) in [7, 11) is 0. The molecule has 1 spiro atoms. The molecule has 3 atom stereocenters. The van der Waals surface area contributed by atoms with Crippen LogP contribution in [0.15, 0.2) is 27.8 Å². The van der Waals surface area contributed by atoms with Gasteiger partial charge in [-0.2, -0.15) is 0 Å². The molecule has 1 aromatic rings. The van der Waals surface area contributed by atoms with Crippen molar-refractivity contribution in [2.24, 2.45) is 16.3 Å². The third-order valence-electron chi connectivity index (χ3n) is 6.49. The molecule has 1 aliphatic heterocycles. The van der Waals surface area contributed by atoms with Crippen LogP contribution < -0.4 is 10.6 Å². The molecule has 0 bridgehead atoms. The van der Waals surface area contributed by atoms with Crippen LogP contribution in [0.4, 0.5) is 0 Å². The predicted molar refractivity (Wildman–Crippen MR) is 120 cm³/mol. The van der Waals surface area contributed by atoms with Crippen LogP contribution in [-0.2, 0) is 15.9 Å². The number of guanidine groups is 1. The van der Waals surface area contributed by atoms with Gasteiger partial charge in [0.15, 0.2) is 5.96 Å². The first-order valence-corrected chi connectivity index (χ1v) is 10.6. The van der Waals surface area contributed by atoms with Crippen LogP contribution in [0.2, 0.25) is 0 Å². The van der Waals surface area contributed by atoms with E-state index in [9.17, 15) is 0 Å². The van der Waals surface area contributed by atoms with Gasteiger partial charge >= 0.3 is 0 Å². The van der Waals surface area contributed by atoms with Gasteiger partial charge < -0.3 is 24.5 Å². The maximum atomic E-state index is 6.05. The molecule has 2 aliphatic carbocycles. The number of ether oxygens (including phenoxy) is 2. The highest BCUT2D eigenvalue weighted by Gasteiger charge is 2.66. The molecule has 158 valence electrons. The van der Waals surface area contributed by atoms with Crippen molar-refractivity contribution in [2.45, 2.75) is 57.6 Å². The van der Waals surface area contributed by atoms with E-state index < -0.39 is 0 Å². The van der Waals surface area contributed by atoms with Crippen molar-refractivity contribution < 1.29 is 13.9 Å². The Morgan fingerprint density at radius 3 is 3.00 bits per heavy atom. The van der Waals surface area contributed by atoms with Crippen molar-refractivity contribution in [3.63, 3.8) is 0 Å². The lowest BCUT2D eigenvalue weighted by atomic mass is 9.46. The largest absolute Gasteiger partial charge is 0.469 e. The summed E-state index contributed by atoms with van der Waals surface area (Å²) in [6, 6.07) is 4.45. The average molecular weight is 503 g/mol. The Labute approximate surface area is 185 Å². The van der Waals surface area contributed by atoms with Gasteiger partial charge in [0.05, 0.1) is 12.4 Å². The van der Waals surface area contributed by atoms with Gasteiger partial charge in [0.1, 0.15) is 5.76 Å². The molecule has 3 unspecified atom stereocenters. The Bertz CT molecular complexity index is 618. The zero-order valence-electron chi connectivity index (χ0n) is 16.8. The number of hydrogen-bond acceptors (Lipinski definition) is 4. The summed E-state index contributed by atoms with van der Waals surface area (Å²) >= 11 is 0. The molecule has 1 saturated heterocycles. The fourth-order valence-corrected chi connectivity index (χ4v) is 5.02. The molecule has 4 rings (SSSR count). The van der Waals surface area contributed by atoms with E-state index in [0.717, 1.165) is 57.5 Å². The Morgan fingerprint density at radius 1 is 1.39 bits per heavy atom. The van der Waals surface area contributed by atoms with Gasteiger partial charge in [-0.25, -0.2) is 0 Å². The molecular weight excluding hydrogens is 469 g/mol. The monoisotopic (exact) mass is 503 g/mol. The molecule has 2 saturated carbocycles. The number of halogens is 1. The number of hydrogen-bond donors (Lipinski definition) is 2. The first-order valence-electron chi connectivity index (χ1n) is 10.6. The van der Waals surface area contributed by atoms with Crippen molar-refractivity contribution in [1.29, 1.82) is 0 Å². The van der Waals surface area contributed by atoms with Crippen molar-refractivity contribution in [3.05, 3.63) is 24.2 Å². The molecular formula is C21H34IN3O3. The van der Waals surface area contributed by atoms with E-state index in [2.05, 4.69) is 10.6 Å². The standard InChI is InChI=1S/C21H33N3O3.HI/c1-2-25-13-5-11-22-20(23-12-7-16-6-3-14-26-16)24-18-17-8-15-27-19(17)21(18)9-4-10-21;/h3,6,14,17-19H,2,4-5,7-13,15H2,1H3,(H2,22,23,24);1H. The highest BCUT2D eigenvalue weighted by molar-refractivity contribution is 14.0. The van der Waals surface area contributed by atoms with Crippen LogP contribution in [0.25, 0.3) is 0 Å². The van der Waals surface area contributed by atoms with Gasteiger partial charge in [-0.3, -0.25) is 4.99 Å². The van der Waals surface area contributed by atoms with E-state index in [4.69, 9.17) is 18.9 Å². The van der Waals surface area contributed by atoms with Gasteiger partial charge in [-0.15, -0.1) is 24.0 Å². The lowest BCUT2D eigenvalue weighted by molar-refractivity contribution is -0.171. The van der Waals surface area contributed by atoms with Crippen LogP contribution in [0.1, 0.15) is 44.8 Å². The summed E-state index contributed by atoms with van der Waals surface area (Å²) in [6.07, 6.45) is 9.09. The molecule has 0 aromatic carbocycles.